The molecule has 2 heterocycles. The van der Waals surface area contributed by atoms with Gasteiger partial charge in [-0.15, -0.1) is 0 Å². The Morgan fingerprint density at radius 1 is 1.07 bits per heavy atom. The van der Waals surface area contributed by atoms with Gasteiger partial charge < -0.3 is 15.0 Å². The maximum Gasteiger partial charge on any atom is 0.337 e. The van der Waals surface area contributed by atoms with E-state index in [2.05, 4.69) is 5.32 Å². The molecular formula is C24H20N2O4. The molecule has 5 rings (SSSR count). The van der Waals surface area contributed by atoms with Crippen LogP contribution in [0.5, 0.6) is 0 Å². The lowest BCUT2D eigenvalue weighted by Crippen LogP contribution is -2.50. The summed E-state index contributed by atoms with van der Waals surface area (Å²) in [6.45, 7) is 4.04. The minimum absolute atomic E-state index is 0.165. The number of fused-ring (bicyclic) bond motifs is 5. The fourth-order valence-corrected chi connectivity index (χ4v) is 5.08. The van der Waals surface area contributed by atoms with Crippen LogP contribution in [0, 0.1) is 0 Å². The lowest BCUT2D eigenvalue weighted by Gasteiger charge is -2.36. The zero-order chi connectivity index (χ0) is 21.2. The van der Waals surface area contributed by atoms with Gasteiger partial charge in [0.15, 0.2) is 5.78 Å². The van der Waals surface area contributed by atoms with Gasteiger partial charge >= 0.3 is 5.97 Å². The van der Waals surface area contributed by atoms with Crippen molar-refractivity contribution in [1.29, 1.82) is 0 Å². The molecule has 0 saturated carbocycles. The highest BCUT2D eigenvalue weighted by Gasteiger charge is 2.63. The predicted molar refractivity (Wildman–Crippen MR) is 112 cm³/mol. The lowest BCUT2D eigenvalue weighted by molar-refractivity contribution is -0.138. The molecule has 30 heavy (non-hydrogen) atoms. The van der Waals surface area contributed by atoms with Crippen LogP contribution in [0.3, 0.4) is 0 Å². The number of allylic oxidation sites excluding steroid dienone is 1. The van der Waals surface area contributed by atoms with Gasteiger partial charge in [-0.05, 0) is 19.9 Å². The molecule has 6 heteroatoms. The third-order valence-electron chi connectivity index (χ3n) is 6.23. The summed E-state index contributed by atoms with van der Waals surface area (Å²) in [5.74, 6) is -1.18. The summed E-state index contributed by atoms with van der Waals surface area (Å²) in [5, 5.41) is 3.23. The molecule has 0 aromatic heterocycles. The number of benzene rings is 2. The van der Waals surface area contributed by atoms with Crippen LogP contribution in [0.2, 0.25) is 0 Å². The maximum absolute atomic E-state index is 14.1. The number of hydrogen-bond donors (Lipinski definition) is 1. The predicted octanol–water partition coefficient (Wildman–Crippen LogP) is 2.95. The molecule has 0 fully saturated rings. The number of esters is 1. The molecule has 1 aliphatic carbocycles. The average Bonchev–Trinajstić information content (AvgIpc) is 3.18. The van der Waals surface area contributed by atoms with Crippen LogP contribution in [0.4, 0.5) is 5.69 Å². The Bertz CT molecular complexity index is 1220. The molecule has 1 amide bonds. The first kappa shape index (κ1) is 18.4. The zero-order valence-electron chi connectivity index (χ0n) is 16.9. The highest BCUT2D eigenvalue weighted by Crippen LogP contribution is 2.57. The van der Waals surface area contributed by atoms with Crippen molar-refractivity contribution in [2.24, 2.45) is 0 Å². The number of ketones is 1. The standard InChI is InChI=1S/C24H20N2O4/c1-4-26-17-12-8-7-11-16(17)24(23(26)29)18(22(28)30-3)13(2)25-20-14-9-5-6-10-15(14)21(27)19(20)24/h5-12,25H,4H2,1-3H3. The number of methoxy groups -OCH3 is 1. The molecule has 1 unspecified atom stereocenters. The fraction of sp³-hybridized carbons (Fsp3) is 0.208. The molecule has 0 radical (unpaired) electrons. The van der Waals surface area contributed by atoms with Gasteiger partial charge in [0.05, 0.1) is 18.4 Å². The van der Waals surface area contributed by atoms with Crippen LogP contribution < -0.4 is 10.2 Å². The number of carbonyl (C=O) groups is 3. The van der Waals surface area contributed by atoms with Crippen LogP contribution in [0.15, 0.2) is 65.4 Å². The van der Waals surface area contributed by atoms with Gasteiger partial charge in [0, 0.05) is 40.2 Å². The van der Waals surface area contributed by atoms with E-state index < -0.39 is 11.4 Å². The molecule has 0 bridgehead atoms. The van der Waals surface area contributed by atoms with E-state index in [1.807, 2.05) is 43.3 Å². The summed E-state index contributed by atoms with van der Waals surface area (Å²) >= 11 is 0. The number of amides is 1. The number of likely N-dealkylation sites (N-methyl/N-ethyl adjacent to an activating group) is 1. The van der Waals surface area contributed by atoms with Crippen molar-refractivity contribution in [3.63, 3.8) is 0 Å². The Hall–Kier alpha value is -3.67. The number of dihydropyridines is 1. The summed E-state index contributed by atoms with van der Waals surface area (Å²) < 4.78 is 5.10. The van der Waals surface area contributed by atoms with Crippen molar-refractivity contribution < 1.29 is 19.1 Å². The van der Waals surface area contributed by atoms with Crippen molar-refractivity contribution in [3.8, 4) is 0 Å². The number of Topliss-reactive ketones (excluding diaryl/α,β-unsaturated/α-hetero) is 1. The first-order chi connectivity index (χ1) is 14.5. The monoisotopic (exact) mass is 400 g/mol. The van der Waals surface area contributed by atoms with Crippen molar-refractivity contribution >= 4 is 29.0 Å². The minimum atomic E-state index is -1.54. The van der Waals surface area contributed by atoms with Crippen LogP contribution in [0.1, 0.15) is 35.3 Å². The highest BCUT2D eigenvalue weighted by molar-refractivity contribution is 6.31. The largest absolute Gasteiger partial charge is 0.466 e. The fourth-order valence-electron chi connectivity index (χ4n) is 5.08. The van der Waals surface area contributed by atoms with Gasteiger partial charge in [-0.25, -0.2) is 4.79 Å². The van der Waals surface area contributed by atoms with Gasteiger partial charge in [-0.1, -0.05) is 42.5 Å². The molecule has 1 atom stereocenters. The quantitative estimate of drug-likeness (QED) is 0.785. The van der Waals surface area contributed by atoms with Gasteiger partial charge in [-0.2, -0.15) is 0 Å². The molecule has 150 valence electrons. The Labute approximate surface area is 173 Å². The van der Waals surface area contributed by atoms with Gasteiger partial charge in [0.2, 0.25) is 5.91 Å². The zero-order valence-corrected chi connectivity index (χ0v) is 16.9. The Balaban J connectivity index is 1.93. The van der Waals surface area contributed by atoms with Gasteiger partial charge in [0.1, 0.15) is 5.41 Å². The Kier molecular flexibility index (Phi) is 3.77. The van der Waals surface area contributed by atoms with E-state index in [9.17, 15) is 14.4 Å². The number of para-hydroxylation sites is 1. The second-order valence-corrected chi connectivity index (χ2v) is 7.56. The third kappa shape index (κ3) is 1.95. The van der Waals surface area contributed by atoms with E-state index in [4.69, 9.17) is 4.74 Å². The molecule has 1 spiro atoms. The molecule has 3 aliphatic rings. The molecule has 2 aromatic carbocycles. The number of nitrogens with one attached hydrogen (secondary N) is 1. The van der Waals surface area contributed by atoms with Crippen molar-refractivity contribution in [2.75, 3.05) is 18.6 Å². The normalized spacial score (nSPS) is 21.6. The van der Waals surface area contributed by atoms with E-state index in [0.717, 1.165) is 5.56 Å². The second-order valence-electron chi connectivity index (χ2n) is 7.56. The average molecular weight is 400 g/mol. The lowest BCUT2D eigenvalue weighted by atomic mass is 9.66. The topological polar surface area (TPSA) is 75.7 Å². The summed E-state index contributed by atoms with van der Waals surface area (Å²) in [4.78, 5) is 42.4. The summed E-state index contributed by atoms with van der Waals surface area (Å²) in [7, 11) is 1.29. The van der Waals surface area contributed by atoms with Crippen LogP contribution in [0.25, 0.3) is 5.70 Å². The maximum atomic E-state index is 14.1. The summed E-state index contributed by atoms with van der Waals surface area (Å²) in [5.41, 5.74) is 2.60. The van der Waals surface area contributed by atoms with E-state index in [-0.39, 0.29) is 17.3 Å². The van der Waals surface area contributed by atoms with Crippen LogP contribution >= 0.6 is 0 Å². The van der Waals surface area contributed by atoms with Crippen molar-refractivity contribution in [3.05, 3.63) is 82.1 Å². The number of hydrogen-bond acceptors (Lipinski definition) is 5. The number of anilines is 1. The van der Waals surface area contributed by atoms with E-state index in [1.165, 1.54) is 7.11 Å². The molecule has 0 saturated heterocycles. The van der Waals surface area contributed by atoms with Crippen LogP contribution in [-0.2, 0) is 19.7 Å². The number of ether oxygens (including phenoxy) is 1. The minimum Gasteiger partial charge on any atom is -0.466 e. The van der Waals surface area contributed by atoms with E-state index in [0.29, 0.717) is 40.3 Å². The van der Waals surface area contributed by atoms with E-state index in [1.54, 1.807) is 24.0 Å². The van der Waals surface area contributed by atoms with Gasteiger partial charge in [-0.3, -0.25) is 9.59 Å². The molecule has 2 aliphatic heterocycles. The summed E-state index contributed by atoms with van der Waals surface area (Å²) in [6, 6.07) is 14.6. The third-order valence-corrected chi connectivity index (χ3v) is 6.23. The number of nitrogens with zero attached hydrogens (tertiary/aromatic N) is 1. The molecule has 1 N–H and O–H groups in total. The highest BCUT2D eigenvalue weighted by atomic mass is 16.5. The Morgan fingerprint density at radius 3 is 2.43 bits per heavy atom. The molecular weight excluding hydrogens is 380 g/mol. The number of carbonyl (C=O) groups excluding carboxylic acids is 3. The first-order valence-electron chi connectivity index (χ1n) is 9.85. The van der Waals surface area contributed by atoms with Crippen molar-refractivity contribution in [1.82, 2.24) is 5.32 Å². The smallest absolute Gasteiger partial charge is 0.337 e. The number of rotatable bonds is 2. The van der Waals surface area contributed by atoms with E-state index >= 15 is 0 Å². The molecule has 6 nitrogen and oxygen atoms in total. The van der Waals surface area contributed by atoms with Gasteiger partial charge in [0.25, 0.3) is 0 Å². The SMILES string of the molecule is CCN1C(=O)C2(C(C(=O)OC)=C(C)NC3=C2C(=O)c2ccccc23)c2ccccc21. The first-order valence-corrected chi connectivity index (χ1v) is 9.85. The van der Waals surface area contributed by atoms with Crippen molar-refractivity contribution in [2.45, 2.75) is 19.3 Å². The second kappa shape index (κ2) is 6.16. The summed E-state index contributed by atoms with van der Waals surface area (Å²) in [6.07, 6.45) is 0. The molecule has 2 aromatic rings. The van der Waals surface area contributed by atoms with Crippen LogP contribution in [-0.4, -0.2) is 31.3 Å². The Morgan fingerprint density at radius 2 is 1.73 bits per heavy atom.